The molecule has 0 spiro atoms. The van der Waals surface area contributed by atoms with Crippen molar-refractivity contribution >= 4 is 5.91 Å². The van der Waals surface area contributed by atoms with E-state index in [1.165, 1.54) is 4.90 Å². The molecule has 0 radical (unpaired) electrons. The summed E-state index contributed by atoms with van der Waals surface area (Å²) in [5, 5.41) is 6.85. The van der Waals surface area contributed by atoms with Crippen LogP contribution in [0.5, 0.6) is 0 Å². The normalized spacial score (nSPS) is 26.0. The highest BCUT2D eigenvalue weighted by Gasteiger charge is 2.42. The van der Waals surface area contributed by atoms with Crippen molar-refractivity contribution < 1.29 is 22.7 Å². The molecule has 1 aromatic rings. The number of amides is 1. The van der Waals surface area contributed by atoms with Gasteiger partial charge in [-0.05, 0) is 19.8 Å². The van der Waals surface area contributed by atoms with Gasteiger partial charge in [-0.2, -0.15) is 13.2 Å². The number of carbonyl (C=O) groups excluding carboxylic acids is 1. The highest BCUT2D eigenvalue weighted by molar-refractivity contribution is 5.81. The molecule has 2 atom stereocenters. The van der Waals surface area contributed by atoms with Crippen molar-refractivity contribution in [2.24, 2.45) is 0 Å². The van der Waals surface area contributed by atoms with Crippen molar-refractivity contribution in [3.8, 4) is 0 Å². The molecule has 1 saturated heterocycles. The number of rotatable bonds is 1. The van der Waals surface area contributed by atoms with Gasteiger partial charge in [-0.15, -0.1) is 10.2 Å². The van der Waals surface area contributed by atoms with Crippen molar-refractivity contribution in [3.05, 3.63) is 11.6 Å². The lowest BCUT2D eigenvalue weighted by atomic mass is 10.1. The van der Waals surface area contributed by atoms with Crippen LogP contribution in [0.2, 0.25) is 0 Å². The quantitative estimate of drug-likeness (QED) is 0.786. The summed E-state index contributed by atoms with van der Waals surface area (Å²) in [7, 11) is 0. The van der Waals surface area contributed by atoms with Crippen molar-refractivity contribution in [2.45, 2.75) is 44.6 Å². The Bertz CT molecular complexity index is 551. The Morgan fingerprint density at radius 3 is 2.71 bits per heavy atom. The van der Waals surface area contributed by atoms with Gasteiger partial charge >= 0.3 is 6.18 Å². The molecule has 0 N–H and O–H groups in total. The van der Waals surface area contributed by atoms with E-state index < -0.39 is 24.1 Å². The summed E-state index contributed by atoms with van der Waals surface area (Å²) in [5.74, 6) is -1.02. The van der Waals surface area contributed by atoms with E-state index in [-0.39, 0.29) is 24.8 Å². The first kappa shape index (κ1) is 14.3. The molecular formula is C12H15F3N4O2. The molecule has 1 fully saturated rings. The van der Waals surface area contributed by atoms with Crippen LogP contribution in [0.15, 0.2) is 0 Å². The molecule has 0 bridgehead atoms. The third kappa shape index (κ3) is 2.39. The van der Waals surface area contributed by atoms with Crippen LogP contribution in [0, 0.1) is 0 Å². The van der Waals surface area contributed by atoms with Gasteiger partial charge in [0.1, 0.15) is 6.10 Å². The van der Waals surface area contributed by atoms with Gasteiger partial charge in [0.25, 0.3) is 5.91 Å². The predicted molar refractivity (Wildman–Crippen MR) is 64.1 cm³/mol. The van der Waals surface area contributed by atoms with Crippen LogP contribution in [-0.4, -0.2) is 44.8 Å². The summed E-state index contributed by atoms with van der Waals surface area (Å²) in [6.45, 7) is 2.45. The Morgan fingerprint density at radius 1 is 1.33 bits per heavy atom. The lowest BCUT2D eigenvalue weighted by Gasteiger charge is -2.35. The van der Waals surface area contributed by atoms with Gasteiger partial charge in [-0.3, -0.25) is 4.79 Å². The minimum Gasteiger partial charge on any atom is -0.368 e. The standard InChI is InChI=1S/C12H15F3N4O2/c1-7-9-16-17-11(12(13,14)15)19(9)5-4-18(7)10(20)8-3-2-6-21-8/h7-8H,2-6H2,1H3. The first-order chi connectivity index (χ1) is 9.89. The Kier molecular flexibility index (Phi) is 3.39. The second-order valence-corrected chi connectivity index (χ2v) is 5.24. The van der Waals surface area contributed by atoms with Gasteiger partial charge in [-0.25, -0.2) is 0 Å². The molecule has 116 valence electrons. The lowest BCUT2D eigenvalue weighted by molar-refractivity contribution is -0.149. The lowest BCUT2D eigenvalue weighted by Crippen LogP contribution is -2.46. The Balaban J connectivity index is 1.84. The Morgan fingerprint density at radius 2 is 2.10 bits per heavy atom. The van der Waals surface area contributed by atoms with Gasteiger partial charge in [0.05, 0.1) is 6.04 Å². The van der Waals surface area contributed by atoms with Gasteiger partial charge < -0.3 is 14.2 Å². The fourth-order valence-electron chi connectivity index (χ4n) is 2.85. The van der Waals surface area contributed by atoms with Crippen LogP contribution in [0.4, 0.5) is 13.2 Å². The van der Waals surface area contributed by atoms with E-state index in [1.54, 1.807) is 6.92 Å². The number of nitrogens with zero attached hydrogens (tertiary/aromatic N) is 4. The minimum absolute atomic E-state index is 0.0416. The molecule has 6 nitrogen and oxygen atoms in total. The summed E-state index contributed by atoms with van der Waals surface area (Å²) < 4.78 is 44.8. The fraction of sp³-hybridized carbons (Fsp3) is 0.750. The monoisotopic (exact) mass is 304 g/mol. The number of ether oxygens (including phenoxy) is 1. The molecule has 2 aliphatic rings. The van der Waals surface area contributed by atoms with E-state index in [2.05, 4.69) is 10.2 Å². The first-order valence-corrected chi connectivity index (χ1v) is 6.82. The maximum atomic E-state index is 12.8. The topological polar surface area (TPSA) is 60.2 Å². The van der Waals surface area contributed by atoms with E-state index >= 15 is 0 Å². The van der Waals surface area contributed by atoms with Crippen molar-refractivity contribution in [1.82, 2.24) is 19.7 Å². The van der Waals surface area contributed by atoms with E-state index in [1.807, 2.05) is 0 Å². The largest absolute Gasteiger partial charge is 0.451 e. The van der Waals surface area contributed by atoms with E-state index in [9.17, 15) is 18.0 Å². The third-order valence-electron chi connectivity index (χ3n) is 3.93. The molecule has 3 rings (SSSR count). The first-order valence-electron chi connectivity index (χ1n) is 6.82. The summed E-state index contributed by atoms with van der Waals surface area (Å²) in [4.78, 5) is 13.9. The summed E-state index contributed by atoms with van der Waals surface area (Å²) in [6.07, 6.45) is -3.54. The molecular weight excluding hydrogens is 289 g/mol. The number of aromatic nitrogens is 3. The van der Waals surface area contributed by atoms with Crippen molar-refractivity contribution in [2.75, 3.05) is 13.2 Å². The zero-order chi connectivity index (χ0) is 15.2. The van der Waals surface area contributed by atoms with Crippen LogP contribution in [0.3, 0.4) is 0 Å². The van der Waals surface area contributed by atoms with Gasteiger partial charge in [-0.1, -0.05) is 0 Å². The molecule has 2 unspecified atom stereocenters. The average molecular weight is 304 g/mol. The highest BCUT2D eigenvalue weighted by atomic mass is 19.4. The highest BCUT2D eigenvalue weighted by Crippen LogP contribution is 2.33. The Hall–Kier alpha value is -1.64. The maximum Gasteiger partial charge on any atom is 0.451 e. The number of hydrogen-bond acceptors (Lipinski definition) is 4. The number of fused-ring (bicyclic) bond motifs is 1. The molecule has 1 aromatic heterocycles. The van der Waals surface area contributed by atoms with Gasteiger partial charge in [0.2, 0.25) is 5.82 Å². The fourth-order valence-corrected chi connectivity index (χ4v) is 2.85. The number of halogens is 3. The van der Waals surface area contributed by atoms with E-state index in [0.29, 0.717) is 13.0 Å². The zero-order valence-corrected chi connectivity index (χ0v) is 11.4. The molecule has 0 saturated carbocycles. The molecule has 0 aliphatic carbocycles. The molecule has 0 aromatic carbocycles. The average Bonchev–Trinajstić information content (AvgIpc) is 3.07. The van der Waals surface area contributed by atoms with Crippen LogP contribution < -0.4 is 0 Å². The summed E-state index contributed by atoms with van der Waals surface area (Å²) in [6, 6.07) is -0.543. The zero-order valence-electron chi connectivity index (χ0n) is 11.4. The van der Waals surface area contributed by atoms with E-state index in [4.69, 9.17) is 4.74 Å². The second kappa shape index (κ2) is 4.97. The van der Waals surface area contributed by atoms with Gasteiger partial charge in [0, 0.05) is 19.7 Å². The van der Waals surface area contributed by atoms with Crippen molar-refractivity contribution in [3.63, 3.8) is 0 Å². The number of hydrogen-bond donors (Lipinski definition) is 0. The van der Waals surface area contributed by atoms with Crippen molar-refractivity contribution in [1.29, 1.82) is 0 Å². The number of alkyl halides is 3. The van der Waals surface area contributed by atoms with Crippen LogP contribution in [-0.2, 0) is 22.3 Å². The molecule has 9 heteroatoms. The Labute approximate surface area is 118 Å². The third-order valence-corrected chi connectivity index (χ3v) is 3.93. The van der Waals surface area contributed by atoms with Gasteiger partial charge in [0.15, 0.2) is 5.82 Å². The van der Waals surface area contributed by atoms with Crippen LogP contribution in [0.1, 0.15) is 37.5 Å². The summed E-state index contributed by atoms with van der Waals surface area (Å²) >= 11 is 0. The van der Waals surface area contributed by atoms with Crippen LogP contribution in [0.25, 0.3) is 0 Å². The summed E-state index contributed by atoms with van der Waals surface area (Å²) in [5.41, 5.74) is 0. The second-order valence-electron chi connectivity index (χ2n) is 5.24. The predicted octanol–water partition coefficient (Wildman–Crippen LogP) is 1.38. The minimum atomic E-state index is -4.54. The number of carbonyl (C=O) groups is 1. The van der Waals surface area contributed by atoms with E-state index in [0.717, 1.165) is 11.0 Å². The SMILES string of the molecule is CC1c2nnc(C(F)(F)F)n2CCN1C(=O)C1CCCO1. The smallest absolute Gasteiger partial charge is 0.368 e. The van der Waals surface area contributed by atoms with Crippen LogP contribution >= 0.6 is 0 Å². The molecule has 21 heavy (non-hydrogen) atoms. The molecule has 1 amide bonds. The molecule has 2 aliphatic heterocycles. The molecule has 3 heterocycles. The maximum absolute atomic E-state index is 12.8.